The summed E-state index contributed by atoms with van der Waals surface area (Å²) in [5.41, 5.74) is -1.46. The van der Waals surface area contributed by atoms with Gasteiger partial charge in [0, 0.05) is 18.8 Å². The molecule has 1 aliphatic heterocycles. The van der Waals surface area contributed by atoms with E-state index in [0.29, 0.717) is 6.42 Å². The van der Waals surface area contributed by atoms with Crippen LogP contribution in [0.2, 0.25) is 0 Å². The highest BCUT2D eigenvalue weighted by Crippen LogP contribution is 2.56. The molecule has 170 valence electrons. The zero-order valence-electron chi connectivity index (χ0n) is 16.4. The number of carbonyl (C=O) groups is 3. The average Bonchev–Trinajstić information content (AvgIpc) is 3.17. The number of alkyl halides is 2. The fourth-order valence-electron chi connectivity index (χ4n) is 4.28. The third-order valence-corrected chi connectivity index (χ3v) is 6.55. The van der Waals surface area contributed by atoms with Gasteiger partial charge in [-0.1, -0.05) is 0 Å². The first kappa shape index (κ1) is 22.8. The number of ether oxygens (including phenoxy) is 4. The van der Waals surface area contributed by atoms with Crippen LogP contribution >= 0.6 is 0 Å². The molecule has 6 atom stereocenters. The number of hydrogen-bond donors (Lipinski definition) is 1. The number of hydrogen-bond acceptors (Lipinski definition) is 9. The third kappa shape index (κ3) is 3.89. The standard InChI is InChI=1S/C17H22F2O10S/c1-7(20)27-11-9-4-8-10(11)14(21)28-12(8)13(9)29-15(22)16(2,3)5-26-6-17(18,19)30(23,24)25/h8-13H,4-6H2,1-3H3,(H,23,24,25). The highest BCUT2D eigenvalue weighted by Gasteiger charge is 2.69. The molecule has 0 radical (unpaired) electrons. The Balaban J connectivity index is 1.64. The summed E-state index contributed by atoms with van der Waals surface area (Å²) >= 11 is 0. The van der Waals surface area contributed by atoms with E-state index in [1.54, 1.807) is 0 Å². The summed E-state index contributed by atoms with van der Waals surface area (Å²) in [6.45, 7) is 1.60. The van der Waals surface area contributed by atoms with E-state index in [9.17, 15) is 31.6 Å². The predicted molar refractivity (Wildman–Crippen MR) is 91.5 cm³/mol. The first-order valence-corrected chi connectivity index (χ1v) is 10.6. The number of carbonyl (C=O) groups excluding carboxylic acids is 3. The van der Waals surface area contributed by atoms with Crippen molar-refractivity contribution >= 4 is 28.0 Å². The minimum atomic E-state index is -5.66. The van der Waals surface area contributed by atoms with E-state index in [1.165, 1.54) is 20.8 Å². The van der Waals surface area contributed by atoms with Crippen molar-refractivity contribution in [3.8, 4) is 0 Å². The summed E-state index contributed by atoms with van der Waals surface area (Å²) in [4.78, 5) is 36.1. The molecule has 0 aromatic rings. The fraction of sp³-hybridized carbons (Fsp3) is 0.824. The van der Waals surface area contributed by atoms with E-state index >= 15 is 0 Å². The first-order chi connectivity index (χ1) is 13.7. The van der Waals surface area contributed by atoms with Crippen LogP contribution in [0.4, 0.5) is 8.78 Å². The third-order valence-electron chi connectivity index (χ3n) is 5.68. The van der Waals surface area contributed by atoms with Crippen LogP contribution in [-0.2, 0) is 43.4 Å². The van der Waals surface area contributed by atoms with E-state index < -0.39 is 82.1 Å². The maximum atomic E-state index is 13.3. The molecule has 6 unspecified atom stereocenters. The monoisotopic (exact) mass is 456 g/mol. The van der Waals surface area contributed by atoms with Crippen molar-refractivity contribution in [1.29, 1.82) is 0 Å². The van der Waals surface area contributed by atoms with Crippen LogP contribution in [0.15, 0.2) is 0 Å². The van der Waals surface area contributed by atoms with Gasteiger partial charge in [-0.3, -0.25) is 18.9 Å². The van der Waals surface area contributed by atoms with Crippen molar-refractivity contribution in [2.24, 2.45) is 23.2 Å². The van der Waals surface area contributed by atoms with Crippen LogP contribution in [0.25, 0.3) is 0 Å². The second-order valence-corrected chi connectivity index (χ2v) is 9.97. The van der Waals surface area contributed by atoms with Crippen LogP contribution in [0, 0.1) is 23.2 Å². The van der Waals surface area contributed by atoms with Gasteiger partial charge in [-0.15, -0.1) is 0 Å². The largest absolute Gasteiger partial charge is 0.461 e. The Morgan fingerprint density at radius 2 is 1.80 bits per heavy atom. The molecule has 0 amide bonds. The zero-order valence-corrected chi connectivity index (χ0v) is 17.2. The second-order valence-electron chi connectivity index (χ2n) is 8.42. The quantitative estimate of drug-likeness (QED) is 0.312. The van der Waals surface area contributed by atoms with Crippen molar-refractivity contribution in [2.45, 2.75) is 50.8 Å². The molecule has 1 saturated heterocycles. The Kier molecular flexibility index (Phi) is 5.61. The Labute approximate surface area is 170 Å². The molecular weight excluding hydrogens is 434 g/mol. The van der Waals surface area contributed by atoms with Gasteiger partial charge in [0.15, 0.2) is 0 Å². The average molecular weight is 456 g/mol. The lowest BCUT2D eigenvalue weighted by Crippen LogP contribution is -2.47. The van der Waals surface area contributed by atoms with Gasteiger partial charge < -0.3 is 18.9 Å². The molecule has 1 N–H and O–H groups in total. The van der Waals surface area contributed by atoms with Crippen molar-refractivity contribution in [1.82, 2.24) is 0 Å². The number of esters is 3. The van der Waals surface area contributed by atoms with Gasteiger partial charge in [0.2, 0.25) is 0 Å². The molecule has 3 fully saturated rings. The number of rotatable bonds is 8. The lowest BCUT2D eigenvalue weighted by atomic mass is 9.85. The van der Waals surface area contributed by atoms with Crippen molar-refractivity contribution < 1.29 is 55.1 Å². The van der Waals surface area contributed by atoms with Gasteiger partial charge in [0.1, 0.15) is 30.8 Å². The van der Waals surface area contributed by atoms with Crippen molar-refractivity contribution in [3.63, 3.8) is 0 Å². The SMILES string of the molecule is CC(=O)OC1C2CC3C(OC(=O)C31)C2OC(=O)C(C)(C)COCC(F)(F)S(=O)(=O)O. The summed E-state index contributed by atoms with van der Waals surface area (Å²) in [7, 11) is -5.66. The van der Waals surface area contributed by atoms with Gasteiger partial charge in [0.05, 0.1) is 12.0 Å². The normalized spacial score (nSPS) is 32.8. The van der Waals surface area contributed by atoms with Crippen molar-refractivity contribution in [3.05, 3.63) is 0 Å². The molecule has 0 spiro atoms. The molecule has 3 rings (SSSR count). The van der Waals surface area contributed by atoms with E-state index in [1.807, 2.05) is 0 Å². The highest BCUT2D eigenvalue weighted by molar-refractivity contribution is 7.86. The van der Waals surface area contributed by atoms with Crippen LogP contribution in [-0.4, -0.2) is 67.7 Å². The number of fused-ring (bicyclic) bond motifs is 1. The van der Waals surface area contributed by atoms with E-state index in [4.69, 9.17) is 18.8 Å². The maximum absolute atomic E-state index is 13.3. The summed E-state index contributed by atoms with van der Waals surface area (Å²) < 4.78 is 76.9. The lowest BCUT2D eigenvalue weighted by molar-refractivity contribution is -0.178. The Bertz CT molecular complexity index is 855. The van der Waals surface area contributed by atoms with Gasteiger partial charge in [0.25, 0.3) is 0 Å². The van der Waals surface area contributed by atoms with Gasteiger partial charge in [-0.25, -0.2) is 0 Å². The molecule has 3 aliphatic rings. The first-order valence-electron chi connectivity index (χ1n) is 9.17. The molecule has 2 saturated carbocycles. The van der Waals surface area contributed by atoms with Crippen molar-refractivity contribution in [2.75, 3.05) is 13.2 Å². The molecular formula is C17H22F2O10S. The van der Waals surface area contributed by atoms with Crippen LogP contribution < -0.4 is 0 Å². The fourth-order valence-corrected chi connectivity index (χ4v) is 4.51. The van der Waals surface area contributed by atoms with Crippen LogP contribution in [0.3, 0.4) is 0 Å². The lowest BCUT2D eigenvalue weighted by Gasteiger charge is -2.33. The van der Waals surface area contributed by atoms with E-state index in [2.05, 4.69) is 4.74 Å². The molecule has 1 heterocycles. The van der Waals surface area contributed by atoms with Gasteiger partial charge in [-0.2, -0.15) is 17.2 Å². The van der Waals surface area contributed by atoms with Gasteiger partial charge >= 0.3 is 33.3 Å². The molecule has 10 nitrogen and oxygen atoms in total. The second kappa shape index (κ2) is 7.38. The minimum Gasteiger partial charge on any atom is -0.461 e. The Morgan fingerprint density at radius 3 is 2.37 bits per heavy atom. The topological polar surface area (TPSA) is 142 Å². The summed E-state index contributed by atoms with van der Waals surface area (Å²) in [5.74, 6) is -3.24. The molecule has 0 aromatic carbocycles. The Morgan fingerprint density at radius 1 is 1.17 bits per heavy atom. The summed E-state index contributed by atoms with van der Waals surface area (Å²) in [5, 5.41) is -4.53. The minimum absolute atomic E-state index is 0.252. The Hall–Kier alpha value is -1.86. The summed E-state index contributed by atoms with van der Waals surface area (Å²) in [6.07, 6.45) is -1.85. The molecule has 0 aromatic heterocycles. The smallest absolute Gasteiger partial charge is 0.392 e. The predicted octanol–water partition coefficient (Wildman–Crippen LogP) is 0.545. The summed E-state index contributed by atoms with van der Waals surface area (Å²) in [6, 6.07) is 0. The highest BCUT2D eigenvalue weighted by atomic mass is 32.2. The van der Waals surface area contributed by atoms with Crippen LogP contribution in [0.5, 0.6) is 0 Å². The van der Waals surface area contributed by atoms with E-state index in [-0.39, 0.29) is 5.92 Å². The molecule has 13 heteroatoms. The molecule has 30 heavy (non-hydrogen) atoms. The molecule has 2 aliphatic carbocycles. The van der Waals surface area contributed by atoms with Gasteiger partial charge in [-0.05, 0) is 20.3 Å². The maximum Gasteiger partial charge on any atom is 0.392 e. The number of halogens is 2. The van der Waals surface area contributed by atoms with E-state index in [0.717, 1.165) is 0 Å². The molecule has 2 bridgehead atoms. The zero-order chi connectivity index (χ0) is 22.6. The van der Waals surface area contributed by atoms with Crippen LogP contribution in [0.1, 0.15) is 27.2 Å².